The first-order valence-corrected chi connectivity index (χ1v) is 13.6. The highest BCUT2D eigenvalue weighted by molar-refractivity contribution is 6.27. The minimum absolute atomic E-state index is 0.131. The highest BCUT2D eigenvalue weighted by atomic mass is 16.5. The van der Waals surface area contributed by atoms with Gasteiger partial charge in [0.15, 0.2) is 5.78 Å². The maximum atomic E-state index is 14.0. The largest absolute Gasteiger partial charge is 0.497 e. The van der Waals surface area contributed by atoms with E-state index in [1.54, 1.807) is 43.1 Å². The molecule has 8 heteroatoms. The molecule has 1 aromatic heterocycles. The van der Waals surface area contributed by atoms with E-state index < -0.39 is 0 Å². The second-order valence-corrected chi connectivity index (χ2v) is 10.4. The molecule has 0 atom stereocenters. The van der Waals surface area contributed by atoms with Crippen molar-refractivity contribution in [2.75, 3.05) is 60.6 Å². The van der Waals surface area contributed by atoms with E-state index >= 15 is 0 Å². The molecule has 1 aliphatic heterocycles. The Bertz CT molecular complexity index is 1640. The van der Waals surface area contributed by atoms with Crippen LogP contribution in [0.25, 0.3) is 27.7 Å². The summed E-state index contributed by atoms with van der Waals surface area (Å²) in [6, 6.07) is 18.2. The molecule has 0 unspecified atom stereocenters. The van der Waals surface area contributed by atoms with Crippen LogP contribution in [0.1, 0.15) is 22.3 Å². The molecular formula is C32H33N3O5. The van der Waals surface area contributed by atoms with Crippen LogP contribution >= 0.6 is 0 Å². The smallest absolute Gasteiger partial charge is 0.263 e. The Labute approximate surface area is 233 Å². The normalized spacial score (nSPS) is 15.2. The molecule has 2 aliphatic rings. The zero-order valence-electron chi connectivity index (χ0n) is 23.1. The minimum Gasteiger partial charge on any atom is -0.497 e. The third-order valence-electron chi connectivity index (χ3n) is 7.92. The van der Waals surface area contributed by atoms with Crippen molar-refractivity contribution in [3.63, 3.8) is 0 Å². The highest BCUT2D eigenvalue weighted by Gasteiger charge is 2.33. The lowest BCUT2D eigenvalue weighted by molar-refractivity contribution is 0.104. The summed E-state index contributed by atoms with van der Waals surface area (Å²) in [5.41, 5.74) is 2.76. The zero-order chi connectivity index (χ0) is 27.8. The third kappa shape index (κ3) is 4.63. The minimum atomic E-state index is -0.218. The summed E-state index contributed by atoms with van der Waals surface area (Å²) in [5, 5.41) is 1.04. The molecule has 0 saturated carbocycles. The van der Waals surface area contributed by atoms with Crippen LogP contribution in [-0.2, 0) is 0 Å². The summed E-state index contributed by atoms with van der Waals surface area (Å²) in [7, 11) is 5.29. The second-order valence-electron chi connectivity index (χ2n) is 10.4. The van der Waals surface area contributed by atoms with Crippen molar-refractivity contribution in [2.45, 2.75) is 6.42 Å². The van der Waals surface area contributed by atoms with Gasteiger partial charge in [0, 0.05) is 54.9 Å². The maximum absolute atomic E-state index is 14.0. The van der Waals surface area contributed by atoms with Crippen molar-refractivity contribution in [3.05, 3.63) is 82.1 Å². The second kappa shape index (κ2) is 10.8. The third-order valence-corrected chi connectivity index (χ3v) is 7.92. The summed E-state index contributed by atoms with van der Waals surface area (Å²) in [4.78, 5) is 32.5. The fraction of sp³-hybridized carbons (Fsp3) is 0.312. The van der Waals surface area contributed by atoms with Gasteiger partial charge in [-0.15, -0.1) is 0 Å². The van der Waals surface area contributed by atoms with Gasteiger partial charge in [0.1, 0.15) is 17.2 Å². The summed E-state index contributed by atoms with van der Waals surface area (Å²) in [6.07, 6.45) is 0.952. The molecule has 206 valence electrons. The van der Waals surface area contributed by atoms with E-state index in [1.807, 2.05) is 36.4 Å². The van der Waals surface area contributed by atoms with Crippen LogP contribution < -0.4 is 19.8 Å². The number of aromatic nitrogens is 1. The van der Waals surface area contributed by atoms with Crippen LogP contribution in [0.3, 0.4) is 0 Å². The van der Waals surface area contributed by atoms with Gasteiger partial charge in [-0.3, -0.25) is 14.2 Å². The molecule has 40 heavy (non-hydrogen) atoms. The first kappa shape index (κ1) is 26.1. The molecule has 0 radical (unpaired) electrons. The Morgan fingerprint density at radius 1 is 0.750 bits per heavy atom. The van der Waals surface area contributed by atoms with E-state index in [1.165, 1.54) is 0 Å². The SMILES string of the molecule is COc1ccc2c(c1)C(=O)c1c-2n(-c2ccc(OCCCN3CCN(C)CC3)cc2)c(=O)c2cc(OC)ccc12. The van der Waals surface area contributed by atoms with Gasteiger partial charge >= 0.3 is 0 Å². The molecule has 0 spiro atoms. The van der Waals surface area contributed by atoms with Crippen LogP contribution in [0.5, 0.6) is 17.2 Å². The number of hydrogen-bond acceptors (Lipinski definition) is 7. The van der Waals surface area contributed by atoms with Gasteiger partial charge in [-0.2, -0.15) is 0 Å². The van der Waals surface area contributed by atoms with Gasteiger partial charge in [0.05, 0.1) is 37.5 Å². The number of likely N-dealkylation sites (N-methyl/N-ethyl adjacent to an activating group) is 1. The molecule has 6 rings (SSSR count). The Morgan fingerprint density at radius 3 is 2.15 bits per heavy atom. The van der Waals surface area contributed by atoms with Crippen LogP contribution in [0, 0.1) is 0 Å². The van der Waals surface area contributed by atoms with Crippen molar-refractivity contribution < 1.29 is 19.0 Å². The van der Waals surface area contributed by atoms with Crippen molar-refractivity contribution in [1.82, 2.24) is 14.4 Å². The van der Waals surface area contributed by atoms with Crippen molar-refractivity contribution in [3.8, 4) is 34.2 Å². The molecule has 0 N–H and O–H groups in total. The lowest BCUT2D eigenvalue weighted by atomic mass is 10.0. The number of carbonyl (C=O) groups is 1. The van der Waals surface area contributed by atoms with Crippen LogP contribution in [-0.4, -0.2) is 80.7 Å². The molecule has 3 aromatic carbocycles. The molecule has 0 amide bonds. The molecule has 1 fully saturated rings. The lowest BCUT2D eigenvalue weighted by Crippen LogP contribution is -2.44. The van der Waals surface area contributed by atoms with Crippen LogP contribution in [0.2, 0.25) is 0 Å². The Hall–Kier alpha value is -4.14. The molecule has 2 heterocycles. The first-order chi connectivity index (χ1) is 19.5. The topological polar surface area (TPSA) is 73.2 Å². The van der Waals surface area contributed by atoms with Crippen molar-refractivity contribution >= 4 is 16.6 Å². The number of ether oxygens (including phenoxy) is 3. The van der Waals surface area contributed by atoms with Gasteiger partial charge in [0.25, 0.3) is 5.56 Å². The average Bonchev–Trinajstić information content (AvgIpc) is 3.28. The number of rotatable bonds is 8. The Kier molecular flexibility index (Phi) is 7.04. The standard InChI is InChI=1S/C32H33N3O5/c1-33-14-16-34(17-15-33)13-4-18-40-22-7-5-21(6-8-22)35-30-26-12-10-23(38-2)19-27(26)31(36)29(30)25-11-9-24(39-3)20-28(25)32(35)37/h5-12,19-20H,4,13-18H2,1-3H3. The predicted molar refractivity (Wildman–Crippen MR) is 156 cm³/mol. The molecular weight excluding hydrogens is 506 g/mol. The van der Waals surface area contributed by atoms with E-state index in [-0.39, 0.29) is 11.3 Å². The number of hydrogen-bond donors (Lipinski definition) is 0. The quantitative estimate of drug-likeness (QED) is 0.273. The summed E-state index contributed by atoms with van der Waals surface area (Å²) < 4.78 is 18.4. The molecule has 1 aliphatic carbocycles. The number of methoxy groups -OCH3 is 2. The average molecular weight is 540 g/mol. The van der Waals surface area contributed by atoms with Gasteiger partial charge in [0.2, 0.25) is 0 Å². The fourth-order valence-electron chi connectivity index (χ4n) is 5.66. The van der Waals surface area contributed by atoms with Crippen LogP contribution in [0.4, 0.5) is 0 Å². The number of benzene rings is 3. The van der Waals surface area contributed by atoms with E-state index in [4.69, 9.17) is 14.2 Å². The number of carbonyl (C=O) groups excluding carboxylic acids is 1. The highest BCUT2D eigenvalue weighted by Crippen LogP contribution is 2.42. The molecule has 0 bridgehead atoms. The van der Waals surface area contributed by atoms with Gasteiger partial charge in [-0.1, -0.05) is 0 Å². The monoisotopic (exact) mass is 539 g/mol. The number of ketones is 1. The first-order valence-electron chi connectivity index (χ1n) is 13.6. The van der Waals surface area contributed by atoms with E-state index in [0.717, 1.165) is 44.9 Å². The number of piperazine rings is 1. The molecule has 1 saturated heterocycles. The zero-order valence-corrected chi connectivity index (χ0v) is 23.1. The van der Waals surface area contributed by atoms with Gasteiger partial charge in [-0.25, -0.2) is 0 Å². The predicted octanol–water partition coefficient (Wildman–Crippen LogP) is 4.24. The fourth-order valence-corrected chi connectivity index (χ4v) is 5.66. The van der Waals surface area contributed by atoms with Gasteiger partial charge in [-0.05, 0) is 74.1 Å². The number of fused-ring (bicyclic) bond motifs is 5. The molecule has 8 nitrogen and oxygen atoms in total. The van der Waals surface area contributed by atoms with E-state index in [2.05, 4.69) is 16.8 Å². The number of nitrogens with zero attached hydrogens (tertiary/aromatic N) is 3. The maximum Gasteiger partial charge on any atom is 0.263 e. The van der Waals surface area contributed by atoms with E-state index in [9.17, 15) is 9.59 Å². The van der Waals surface area contributed by atoms with Crippen molar-refractivity contribution in [2.24, 2.45) is 0 Å². The van der Waals surface area contributed by atoms with E-state index in [0.29, 0.717) is 57.0 Å². The molecule has 4 aromatic rings. The summed E-state index contributed by atoms with van der Waals surface area (Å²) in [5.74, 6) is 1.76. The van der Waals surface area contributed by atoms with Crippen molar-refractivity contribution in [1.29, 1.82) is 0 Å². The number of pyridine rings is 1. The Balaban J connectivity index is 1.33. The van der Waals surface area contributed by atoms with Crippen LogP contribution in [0.15, 0.2) is 65.5 Å². The summed E-state index contributed by atoms with van der Waals surface area (Å²) in [6.45, 7) is 6.06. The summed E-state index contributed by atoms with van der Waals surface area (Å²) >= 11 is 0. The van der Waals surface area contributed by atoms with Gasteiger partial charge < -0.3 is 24.0 Å². The Morgan fingerprint density at radius 2 is 1.43 bits per heavy atom. The lowest BCUT2D eigenvalue weighted by Gasteiger charge is -2.32.